The Bertz CT molecular complexity index is 118. The van der Waals surface area contributed by atoms with Gasteiger partial charge in [0.05, 0.1) is 6.04 Å². The molecule has 0 aromatic rings. The van der Waals surface area contributed by atoms with Gasteiger partial charge in [-0.2, -0.15) is 0 Å². The molecule has 1 rings (SSSR count). The molecule has 0 saturated carbocycles. The lowest BCUT2D eigenvalue weighted by Gasteiger charge is -2.10. The largest absolute Gasteiger partial charge is 0.302 e. The van der Waals surface area contributed by atoms with Crippen LogP contribution in [0, 0.1) is 0 Å². The van der Waals surface area contributed by atoms with Crippen molar-refractivity contribution in [3.8, 4) is 0 Å². The van der Waals surface area contributed by atoms with Crippen molar-refractivity contribution >= 4 is 6.29 Å². The molecule has 1 aliphatic heterocycles. The molecule has 52 valence electrons. The second-order valence-corrected chi connectivity index (χ2v) is 2.48. The first kappa shape index (κ1) is 6.68. The van der Waals surface area contributed by atoms with Crippen LogP contribution in [0.4, 0.5) is 4.39 Å². The molecule has 1 aliphatic rings. The van der Waals surface area contributed by atoms with Crippen molar-refractivity contribution in [1.29, 1.82) is 0 Å². The molecule has 3 heteroatoms. The first-order valence-electron chi connectivity index (χ1n) is 3.03. The number of hydrogen-bond donors (Lipinski definition) is 0. The second kappa shape index (κ2) is 2.43. The third-order valence-corrected chi connectivity index (χ3v) is 1.71. The van der Waals surface area contributed by atoms with Gasteiger partial charge in [-0.25, -0.2) is 4.39 Å². The van der Waals surface area contributed by atoms with E-state index in [-0.39, 0.29) is 6.04 Å². The van der Waals surface area contributed by atoms with E-state index in [1.165, 1.54) is 0 Å². The number of hydrogen-bond acceptors (Lipinski definition) is 2. The fourth-order valence-electron chi connectivity index (χ4n) is 1.12. The Hall–Kier alpha value is -0.440. The number of alkyl halides is 1. The Morgan fingerprint density at radius 2 is 2.44 bits per heavy atom. The van der Waals surface area contributed by atoms with Crippen molar-refractivity contribution in [3.05, 3.63) is 0 Å². The summed E-state index contributed by atoms with van der Waals surface area (Å²) in [5.74, 6) is 0. The van der Waals surface area contributed by atoms with Gasteiger partial charge in [-0.15, -0.1) is 0 Å². The summed E-state index contributed by atoms with van der Waals surface area (Å²) in [6.07, 6.45) is 0.379. The number of likely N-dealkylation sites (tertiary alicyclic amines) is 1. The van der Waals surface area contributed by atoms with Crippen LogP contribution in [0.25, 0.3) is 0 Å². The van der Waals surface area contributed by atoms with E-state index in [4.69, 9.17) is 0 Å². The lowest BCUT2D eigenvalue weighted by atomic mass is 10.2. The molecule has 0 aliphatic carbocycles. The highest BCUT2D eigenvalue weighted by molar-refractivity contribution is 5.58. The fourth-order valence-corrected chi connectivity index (χ4v) is 1.12. The van der Waals surface area contributed by atoms with Crippen molar-refractivity contribution in [2.24, 2.45) is 0 Å². The average molecular weight is 131 g/mol. The van der Waals surface area contributed by atoms with Crippen LogP contribution >= 0.6 is 0 Å². The van der Waals surface area contributed by atoms with Crippen molar-refractivity contribution in [1.82, 2.24) is 4.90 Å². The van der Waals surface area contributed by atoms with Gasteiger partial charge in [0.25, 0.3) is 0 Å². The Morgan fingerprint density at radius 1 is 1.78 bits per heavy atom. The predicted molar refractivity (Wildman–Crippen MR) is 32.0 cm³/mol. The standard InChI is InChI=1S/C6H10FNO/c1-8-3-5(7)2-6(8)4-9/h4-6H,2-3H2,1H3/t5-,6?/m1/s1. The van der Waals surface area contributed by atoms with Crippen molar-refractivity contribution < 1.29 is 9.18 Å². The lowest BCUT2D eigenvalue weighted by molar-refractivity contribution is -0.111. The summed E-state index contributed by atoms with van der Waals surface area (Å²) in [6, 6.07) is -0.181. The molecule has 0 aromatic carbocycles. The molecule has 2 nitrogen and oxygen atoms in total. The zero-order chi connectivity index (χ0) is 6.85. The summed E-state index contributed by atoms with van der Waals surface area (Å²) in [6.45, 7) is 0.406. The van der Waals surface area contributed by atoms with Gasteiger partial charge in [0, 0.05) is 13.0 Å². The molecule has 1 unspecified atom stereocenters. The van der Waals surface area contributed by atoms with Gasteiger partial charge in [0.1, 0.15) is 12.5 Å². The molecule has 2 atom stereocenters. The van der Waals surface area contributed by atoms with E-state index in [9.17, 15) is 9.18 Å². The van der Waals surface area contributed by atoms with Crippen LogP contribution in [0.1, 0.15) is 6.42 Å². The van der Waals surface area contributed by atoms with Crippen molar-refractivity contribution in [3.63, 3.8) is 0 Å². The third kappa shape index (κ3) is 1.27. The molecule has 0 N–H and O–H groups in total. The maximum Gasteiger partial charge on any atom is 0.137 e. The summed E-state index contributed by atoms with van der Waals surface area (Å²) in [5.41, 5.74) is 0. The molecule has 0 radical (unpaired) electrons. The van der Waals surface area contributed by atoms with Gasteiger partial charge in [0.2, 0.25) is 0 Å². The number of nitrogens with zero attached hydrogens (tertiary/aromatic N) is 1. The lowest BCUT2D eigenvalue weighted by Crippen LogP contribution is -2.25. The SMILES string of the molecule is CN1C[C@H](F)CC1C=O. The molecular formula is C6H10FNO. The Labute approximate surface area is 53.6 Å². The number of carbonyl (C=O) groups is 1. The smallest absolute Gasteiger partial charge is 0.137 e. The van der Waals surface area contributed by atoms with Crippen molar-refractivity contribution in [2.75, 3.05) is 13.6 Å². The Balaban J connectivity index is 2.47. The molecule has 1 heterocycles. The van der Waals surface area contributed by atoms with E-state index in [1.807, 2.05) is 0 Å². The van der Waals surface area contributed by atoms with Gasteiger partial charge in [-0.3, -0.25) is 4.90 Å². The second-order valence-electron chi connectivity index (χ2n) is 2.48. The van der Waals surface area contributed by atoms with Crippen LogP contribution in [-0.2, 0) is 4.79 Å². The molecule has 0 spiro atoms. The summed E-state index contributed by atoms with van der Waals surface area (Å²) in [4.78, 5) is 11.9. The average Bonchev–Trinajstić information content (AvgIpc) is 2.10. The minimum atomic E-state index is -0.801. The minimum Gasteiger partial charge on any atom is -0.302 e. The normalized spacial score (nSPS) is 37.1. The van der Waals surface area contributed by atoms with Gasteiger partial charge in [0.15, 0.2) is 0 Å². The van der Waals surface area contributed by atoms with E-state index < -0.39 is 6.17 Å². The van der Waals surface area contributed by atoms with Gasteiger partial charge >= 0.3 is 0 Å². The fraction of sp³-hybridized carbons (Fsp3) is 0.833. The van der Waals surface area contributed by atoms with Gasteiger partial charge < -0.3 is 4.79 Å². The van der Waals surface area contributed by atoms with Crippen molar-refractivity contribution in [2.45, 2.75) is 18.6 Å². The summed E-state index contributed by atoms with van der Waals surface area (Å²) in [5, 5.41) is 0. The van der Waals surface area contributed by atoms with Crippen LogP contribution in [0.5, 0.6) is 0 Å². The first-order chi connectivity index (χ1) is 4.24. The van der Waals surface area contributed by atoms with Crippen LogP contribution in [0.2, 0.25) is 0 Å². The molecule has 9 heavy (non-hydrogen) atoms. The molecule has 1 fully saturated rings. The maximum atomic E-state index is 12.4. The predicted octanol–water partition coefficient (Wildman–Crippen LogP) is 0.227. The van der Waals surface area contributed by atoms with E-state index in [0.29, 0.717) is 13.0 Å². The van der Waals surface area contributed by atoms with E-state index >= 15 is 0 Å². The Kier molecular flexibility index (Phi) is 1.81. The van der Waals surface area contributed by atoms with Crippen LogP contribution < -0.4 is 0 Å². The number of halogens is 1. The van der Waals surface area contributed by atoms with Crippen LogP contribution in [-0.4, -0.2) is 37.0 Å². The molecule has 0 amide bonds. The topological polar surface area (TPSA) is 20.3 Å². The van der Waals surface area contributed by atoms with E-state index in [2.05, 4.69) is 0 Å². The third-order valence-electron chi connectivity index (χ3n) is 1.71. The van der Waals surface area contributed by atoms with E-state index in [0.717, 1.165) is 6.29 Å². The van der Waals surface area contributed by atoms with Gasteiger partial charge in [-0.05, 0) is 7.05 Å². The van der Waals surface area contributed by atoms with E-state index in [1.54, 1.807) is 11.9 Å². The van der Waals surface area contributed by atoms with Crippen LogP contribution in [0.3, 0.4) is 0 Å². The Morgan fingerprint density at radius 3 is 2.67 bits per heavy atom. The monoisotopic (exact) mass is 131 g/mol. The number of aldehydes is 1. The maximum absolute atomic E-state index is 12.4. The zero-order valence-corrected chi connectivity index (χ0v) is 5.38. The summed E-state index contributed by atoms with van der Waals surface area (Å²) in [7, 11) is 1.76. The summed E-state index contributed by atoms with van der Waals surface area (Å²) < 4.78 is 12.4. The molecular weight excluding hydrogens is 121 g/mol. The number of rotatable bonds is 1. The highest BCUT2D eigenvalue weighted by Gasteiger charge is 2.28. The highest BCUT2D eigenvalue weighted by atomic mass is 19.1. The zero-order valence-electron chi connectivity index (χ0n) is 5.38. The molecule has 0 aromatic heterocycles. The molecule has 1 saturated heterocycles. The van der Waals surface area contributed by atoms with Gasteiger partial charge in [-0.1, -0.05) is 0 Å². The van der Waals surface area contributed by atoms with Crippen LogP contribution in [0.15, 0.2) is 0 Å². The number of likely N-dealkylation sites (N-methyl/N-ethyl adjacent to an activating group) is 1. The number of carbonyl (C=O) groups excluding carboxylic acids is 1. The molecule has 0 bridgehead atoms. The quantitative estimate of drug-likeness (QED) is 0.475. The highest BCUT2D eigenvalue weighted by Crippen LogP contribution is 2.15. The summed E-state index contributed by atoms with van der Waals surface area (Å²) >= 11 is 0. The first-order valence-corrected chi connectivity index (χ1v) is 3.03. The minimum absolute atomic E-state index is 0.181.